The first-order valence-corrected chi connectivity index (χ1v) is 10.1. The first-order chi connectivity index (χ1) is 11.6. The summed E-state index contributed by atoms with van der Waals surface area (Å²) < 4.78 is 19.5. The number of benzene rings is 2. The molecule has 0 amide bonds. The van der Waals surface area contributed by atoms with Gasteiger partial charge >= 0.3 is 0 Å². The van der Waals surface area contributed by atoms with Crippen molar-refractivity contribution in [3.63, 3.8) is 0 Å². The Morgan fingerprint density at radius 1 is 0.917 bits per heavy atom. The van der Waals surface area contributed by atoms with Gasteiger partial charge in [0, 0.05) is 28.8 Å². The lowest BCUT2D eigenvalue weighted by Crippen LogP contribution is -2.21. The molecule has 1 N–H and O–H groups in total. The van der Waals surface area contributed by atoms with Crippen LogP contribution in [0.2, 0.25) is 0 Å². The molecule has 0 unspecified atom stereocenters. The zero-order chi connectivity index (χ0) is 17.0. The van der Waals surface area contributed by atoms with Crippen LogP contribution >= 0.6 is 7.29 Å². The van der Waals surface area contributed by atoms with E-state index in [2.05, 4.69) is 12.0 Å². The summed E-state index contributed by atoms with van der Waals surface area (Å²) in [6.45, 7) is 4.12. The molecule has 0 fully saturated rings. The summed E-state index contributed by atoms with van der Waals surface area (Å²) in [6.07, 6.45) is 0.911. The highest BCUT2D eigenvalue weighted by Crippen LogP contribution is 2.53. The van der Waals surface area contributed by atoms with Crippen molar-refractivity contribution in [2.75, 3.05) is 0 Å². The molecule has 4 heteroatoms. The molecule has 0 radical (unpaired) electrons. The van der Waals surface area contributed by atoms with Gasteiger partial charge in [0.2, 0.25) is 0 Å². The van der Waals surface area contributed by atoms with Gasteiger partial charge in [-0.2, -0.15) is 0 Å². The Morgan fingerprint density at radius 3 is 1.79 bits per heavy atom. The molecule has 24 heavy (non-hydrogen) atoms. The Labute approximate surface area is 143 Å². The smallest absolute Gasteiger partial charge is 0.198 e. The number of nitrogens with one attached hydrogen (secondary N) is 1. The highest BCUT2D eigenvalue weighted by molar-refractivity contribution is 7.68. The van der Waals surface area contributed by atoms with Gasteiger partial charge < -0.3 is 4.74 Å². The number of ether oxygens (including phenoxy) is 1. The fraction of sp³-hybridized carbons (Fsp3) is 0.200. The molecular formula is C20H22NO2P. The van der Waals surface area contributed by atoms with Crippen molar-refractivity contribution in [2.24, 2.45) is 0 Å². The van der Waals surface area contributed by atoms with Crippen LogP contribution in [-0.2, 0) is 9.30 Å². The molecule has 0 saturated carbocycles. The maximum Gasteiger partial charge on any atom is 0.198 e. The SMILES string of the molecule is CC[C@@H](C)NP1(=O)C=C(c2ccccc2)OC(c2ccccc2)=C1. The maximum absolute atomic E-state index is 13.4. The Balaban J connectivity index is 2.03. The van der Waals surface area contributed by atoms with E-state index in [4.69, 9.17) is 4.74 Å². The van der Waals surface area contributed by atoms with Gasteiger partial charge in [0.15, 0.2) is 7.29 Å². The highest BCUT2D eigenvalue weighted by atomic mass is 31.2. The Hall–Kier alpha value is -2.09. The van der Waals surface area contributed by atoms with E-state index < -0.39 is 7.29 Å². The van der Waals surface area contributed by atoms with Crippen molar-refractivity contribution in [3.8, 4) is 0 Å². The number of hydrogen-bond donors (Lipinski definition) is 1. The molecular weight excluding hydrogens is 317 g/mol. The summed E-state index contributed by atoms with van der Waals surface area (Å²) in [4.78, 5) is 0. The third kappa shape index (κ3) is 3.87. The first kappa shape index (κ1) is 16.8. The van der Waals surface area contributed by atoms with Crippen molar-refractivity contribution in [3.05, 3.63) is 83.4 Å². The monoisotopic (exact) mass is 339 g/mol. The van der Waals surface area contributed by atoms with Crippen molar-refractivity contribution in [2.45, 2.75) is 26.3 Å². The van der Waals surface area contributed by atoms with Gasteiger partial charge in [0.25, 0.3) is 0 Å². The van der Waals surface area contributed by atoms with Crippen molar-refractivity contribution in [1.82, 2.24) is 5.09 Å². The van der Waals surface area contributed by atoms with Crippen LogP contribution in [0.4, 0.5) is 0 Å². The maximum atomic E-state index is 13.4. The van der Waals surface area contributed by atoms with Crippen LogP contribution in [0, 0.1) is 0 Å². The molecule has 0 aromatic heterocycles. The average Bonchev–Trinajstić information content (AvgIpc) is 2.62. The summed E-state index contributed by atoms with van der Waals surface area (Å²) in [5.74, 6) is 4.74. The van der Waals surface area contributed by atoms with E-state index in [0.717, 1.165) is 17.5 Å². The van der Waals surface area contributed by atoms with Crippen LogP contribution in [0.15, 0.2) is 72.3 Å². The Morgan fingerprint density at radius 2 is 1.38 bits per heavy atom. The lowest BCUT2D eigenvalue weighted by atomic mass is 10.2. The molecule has 0 bridgehead atoms. The first-order valence-electron chi connectivity index (χ1n) is 8.21. The summed E-state index contributed by atoms with van der Waals surface area (Å²) in [5.41, 5.74) is 1.84. The highest BCUT2D eigenvalue weighted by Gasteiger charge is 2.27. The Bertz CT molecular complexity index is 737. The lowest BCUT2D eigenvalue weighted by molar-refractivity contribution is 0.467. The lowest BCUT2D eigenvalue weighted by Gasteiger charge is -2.25. The van der Waals surface area contributed by atoms with E-state index in [1.807, 2.05) is 67.6 Å². The van der Waals surface area contributed by atoms with E-state index in [1.54, 1.807) is 11.6 Å². The van der Waals surface area contributed by atoms with Gasteiger partial charge in [0.1, 0.15) is 11.5 Å². The molecule has 0 saturated heterocycles. The molecule has 3 rings (SSSR count). The fourth-order valence-electron chi connectivity index (χ4n) is 2.54. The van der Waals surface area contributed by atoms with Crippen molar-refractivity contribution < 1.29 is 9.30 Å². The third-order valence-corrected chi connectivity index (χ3v) is 6.07. The van der Waals surface area contributed by atoms with Gasteiger partial charge in [0.05, 0.1) is 0 Å². The van der Waals surface area contributed by atoms with Crippen molar-refractivity contribution in [1.29, 1.82) is 0 Å². The van der Waals surface area contributed by atoms with Crippen molar-refractivity contribution >= 4 is 18.8 Å². The van der Waals surface area contributed by atoms with Gasteiger partial charge in [-0.25, -0.2) is 0 Å². The molecule has 1 atom stereocenters. The standard InChI is InChI=1S/C20H22NO2P/c1-3-16(2)21-24(22)14-19(17-10-6-4-7-11-17)23-20(15-24)18-12-8-5-9-13-18/h4-16H,3H2,1-2H3,(H,21,22)/t16-/m1/s1. The van der Waals surface area contributed by atoms with Crippen LogP contribution in [0.3, 0.4) is 0 Å². The third-order valence-electron chi connectivity index (χ3n) is 3.99. The molecule has 1 aliphatic heterocycles. The molecule has 2 aromatic rings. The summed E-state index contributed by atoms with van der Waals surface area (Å²) in [5, 5.41) is 3.27. The molecule has 124 valence electrons. The van der Waals surface area contributed by atoms with E-state index in [-0.39, 0.29) is 6.04 Å². The second-order valence-corrected chi connectivity index (χ2v) is 8.16. The zero-order valence-corrected chi connectivity index (χ0v) is 14.9. The minimum absolute atomic E-state index is 0.162. The molecule has 1 aliphatic rings. The quantitative estimate of drug-likeness (QED) is 0.712. The van der Waals surface area contributed by atoms with E-state index >= 15 is 0 Å². The molecule has 1 heterocycles. The van der Waals surface area contributed by atoms with Crippen LogP contribution < -0.4 is 5.09 Å². The minimum Gasteiger partial charge on any atom is -0.456 e. The Kier molecular flexibility index (Phi) is 5.03. The molecule has 0 aliphatic carbocycles. The van der Waals surface area contributed by atoms with Crippen LogP contribution in [-0.4, -0.2) is 6.04 Å². The van der Waals surface area contributed by atoms with Crippen LogP contribution in [0.25, 0.3) is 11.5 Å². The summed E-state index contributed by atoms with van der Waals surface area (Å²) in [6, 6.07) is 19.7. The molecule has 0 spiro atoms. The van der Waals surface area contributed by atoms with E-state index in [9.17, 15) is 4.57 Å². The van der Waals surface area contributed by atoms with E-state index in [1.165, 1.54) is 0 Å². The summed E-state index contributed by atoms with van der Waals surface area (Å²) in [7, 11) is -2.83. The number of rotatable bonds is 5. The normalized spacial score (nSPS) is 17.4. The van der Waals surface area contributed by atoms with Gasteiger partial charge in [-0.15, -0.1) is 0 Å². The van der Waals surface area contributed by atoms with E-state index in [0.29, 0.717) is 11.5 Å². The predicted molar refractivity (Wildman–Crippen MR) is 100 cm³/mol. The second-order valence-electron chi connectivity index (χ2n) is 5.97. The van der Waals surface area contributed by atoms with Gasteiger partial charge in [-0.3, -0.25) is 9.65 Å². The fourth-order valence-corrected chi connectivity index (χ4v) is 4.73. The second kappa shape index (κ2) is 7.21. The molecule has 2 aromatic carbocycles. The summed E-state index contributed by atoms with van der Waals surface area (Å²) >= 11 is 0. The largest absolute Gasteiger partial charge is 0.456 e. The van der Waals surface area contributed by atoms with Gasteiger partial charge in [-0.05, 0) is 13.3 Å². The zero-order valence-electron chi connectivity index (χ0n) is 14.0. The topological polar surface area (TPSA) is 38.3 Å². The van der Waals surface area contributed by atoms with Crippen LogP contribution in [0.5, 0.6) is 0 Å². The van der Waals surface area contributed by atoms with Gasteiger partial charge in [-0.1, -0.05) is 67.6 Å². The minimum atomic E-state index is -2.83. The predicted octanol–water partition coefficient (Wildman–Crippen LogP) is 5.68. The molecule has 3 nitrogen and oxygen atoms in total. The average molecular weight is 339 g/mol. The van der Waals surface area contributed by atoms with Crippen LogP contribution in [0.1, 0.15) is 31.4 Å². The number of hydrogen-bond acceptors (Lipinski definition) is 2.